The van der Waals surface area contributed by atoms with E-state index in [4.69, 9.17) is 10.5 Å². The third-order valence-electron chi connectivity index (χ3n) is 5.21. The zero-order valence-electron chi connectivity index (χ0n) is 10.8. The van der Waals surface area contributed by atoms with Crippen LogP contribution in [0.2, 0.25) is 0 Å². The van der Waals surface area contributed by atoms with Gasteiger partial charge in [0, 0.05) is 11.3 Å². The molecule has 0 spiro atoms. The van der Waals surface area contributed by atoms with Gasteiger partial charge < -0.3 is 0 Å². The van der Waals surface area contributed by atoms with Gasteiger partial charge in [-0.15, -0.1) is 0 Å². The van der Waals surface area contributed by atoms with Gasteiger partial charge in [-0.25, -0.2) is 9.97 Å². The van der Waals surface area contributed by atoms with Crippen molar-refractivity contribution in [2.24, 2.45) is 5.41 Å². The molecule has 4 heteroatoms. The molecule has 1 aromatic rings. The summed E-state index contributed by atoms with van der Waals surface area (Å²) in [7, 11) is 0. The molecule has 0 saturated heterocycles. The van der Waals surface area contributed by atoms with Crippen molar-refractivity contribution >= 4 is 0 Å². The van der Waals surface area contributed by atoms with Crippen molar-refractivity contribution in [2.75, 3.05) is 0 Å². The Kier molecular flexibility index (Phi) is 1.91. The summed E-state index contributed by atoms with van der Waals surface area (Å²) in [6.07, 6.45) is 2.19. The van der Waals surface area contributed by atoms with Crippen LogP contribution in [0.25, 0.3) is 0 Å². The lowest BCUT2D eigenvalue weighted by atomic mass is 9.70. The van der Waals surface area contributed by atoms with Crippen LogP contribution in [-0.4, -0.2) is 9.97 Å². The van der Waals surface area contributed by atoms with Crippen LogP contribution in [0.3, 0.4) is 0 Å². The van der Waals surface area contributed by atoms with E-state index in [-0.39, 0.29) is 22.2 Å². The molecule has 1 aromatic heterocycles. The van der Waals surface area contributed by atoms with Crippen molar-refractivity contribution in [1.29, 1.82) is 10.5 Å². The SMILES string of the molecule is CC1(C)[C@@H]2CC[C@@]1(C)c1nc(C#N)c(C#N)nc12. The predicted octanol–water partition coefficient (Wildman–Crippen LogP) is 2.39. The second kappa shape index (κ2) is 3.09. The van der Waals surface area contributed by atoms with Crippen LogP contribution < -0.4 is 0 Å². The van der Waals surface area contributed by atoms with E-state index in [2.05, 4.69) is 30.7 Å². The van der Waals surface area contributed by atoms with Crippen molar-refractivity contribution < 1.29 is 0 Å². The van der Waals surface area contributed by atoms with Gasteiger partial charge in [-0.3, -0.25) is 0 Å². The molecule has 90 valence electrons. The molecule has 0 aromatic carbocycles. The van der Waals surface area contributed by atoms with Gasteiger partial charge in [-0.1, -0.05) is 20.8 Å². The molecule has 1 saturated carbocycles. The standard InChI is InChI=1S/C14H14N4/c1-13(2)8-4-5-14(13,3)12-11(8)17-9(6-15)10(7-16)18-12/h8H,4-5H2,1-3H3/t8-,14+/m1/s1. The topological polar surface area (TPSA) is 73.4 Å². The molecule has 4 nitrogen and oxygen atoms in total. The van der Waals surface area contributed by atoms with E-state index in [0.29, 0.717) is 5.92 Å². The fourth-order valence-electron chi connectivity index (χ4n) is 3.66. The van der Waals surface area contributed by atoms with Crippen LogP contribution in [0.5, 0.6) is 0 Å². The van der Waals surface area contributed by atoms with Crippen molar-refractivity contribution in [2.45, 2.75) is 44.9 Å². The Labute approximate surface area is 106 Å². The number of hydrogen-bond acceptors (Lipinski definition) is 4. The molecule has 2 bridgehead atoms. The summed E-state index contributed by atoms with van der Waals surface area (Å²) in [6.45, 7) is 6.69. The third-order valence-corrected chi connectivity index (χ3v) is 5.21. The second-order valence-electron chi connectivity index (χ2n) is 6.02. The first-order chi connectivity index (χ1) is 8.45. The van der Waals surface area contributed by atoms with E-state index in [9.17, 15) is 0 Å². The summed E-state index contributed by atoms with van der Waals surface area (Å²) >= 11 is 0. The first kappa shape index (κ1) is 11.2. The number of fused-ring (bicyclic) bond motifs is 5. The van der Waals surface area contributed by atoms with E-state index >= 15 is 0 Å². The fraction of sp³-hybridized carbons (Fsp3) is 0.571. The maximum atomic E-state index is 9.06. The first-order valence-corrected chi connectivity index (χ1v) is 6.18. The lowest BCUT2D eigenvalue weighted by Gasteiger charge is -2.34. The molecule has 18 heavy (non-hydrogen) atoms. The van der Waals surface area contributed by atoms with E-state index in [1.807, 2.05) is 12.1 Å². The van der Waals surface area contributed by atoms with Crippen molar-refractivity contribution in [3.63, 3.8) is 0 Å². The van der Waals surface area contributed by atoms with E-state index in [0.717, 1.165) is 24.2 Å². The summed E-state index contributed by atoms with van der Waals surface area (Å²) in [4.78, 5) is 8.87. The summed E-state index contributed by atoms with van der Waals surface area (Å²) < 4.78 is 0. The van der Waals surface area contributed by atoms with Gasteiger partial charge in [-0.2, -0.15) is 10.5 Å². The van der Waals surface area contributed by atoms with Gasteiger partial charge >= 0.3 is 0 Å². The summed E-state index contributed by atoms with van der Waals surface area (Å²) in [5.41, 5.74) is 2.32. The normalized spacial score (nSPS) is 30.6. The minimum Gasteiger partial charge on any atom is -0.237 e. The van der Waals surface area contributed by atoms with Gasteiger partial charge in [-0.05, 0) is 18.3 Å². The van der Waals surface area contributed by atoms with Crippen LogP contribution >= 0.6 is 0 Å². The molecule has 0 N–H and O–H groups in total. The highest BCUT2D eigenvalue weighted by molar-refractivity contribution is 5.46. The maximum Gasteiger partial charge on any atom is 0.177 e. The lowest BCUT2D eigenvalue weighted by molar-refractivity contribution is 0.227. The number of nitriles is 2. The van der Waals surface area contributed by atoms with E-state index < -0.39 is 0 Å². The minimum absolute atomic E-state index is 0.0143. The zero-order valence-corrected chi connectivity index (χ0v) is 10.8. The van der Waals surface area contributed by atoms with Crippen molar-refractivity contribution in [3.8, 4) is 12.1 Å². The van der Waals surface area contributed by atoms with Crippen LogP contribution in [0.4, 0.5) is 0 Å². The number of aromatic nitrogens is 2. The number of nitrogens with zero attached hydrogens (tertiary/aromatic N) is 4. The van der Waals surface area contributed by atoms with Gasteiger partial charge in [0.05, 0.1) is 11.4 Å². The van der Waals surface area contributed by atoms with Gasteiger partial charge in [0.1, 0.15) is 12.1 Å². The van der Waals surface area contributed by atoms with Gasteiger partial charge in [0.25, 0.3) is 0 Å². The Hall–Kier alpha value is -1.94. The van der Waals surface area contributed by atoms with Crippen molar-refractivity contribution in [3.05, 3.63) is 22.8 Å². The van der Waals surface area contributed by atoms with Gasteiger partial charge in [0.15, 0.2) is 11.4 Å². The Morgan fingerprint density at radius 1 is 1.11 bits per heavy atom. The fourth-order valence-corrected chi connectivity index (χ4v) is 3.66. The van der Waals surface area contributed by atoms with Gasteiger partial charge in [0.2, 0.25) is 0 Å². The van der Waals surface area contributed by atoms with Crippen LogP contribution in [0.1, 0.15) is 62.3 Å². The maximum absolute atomic E-state index is 9.06. The van der Waals surface area contributed by atoms with Crippen LogP contribution in [0, 0.1) is 28.1 Å². The molecule has 0 amide bonds. The smallest absolute Gasteiger partial charge is 0.177 e. The molecule has 3 rings (SSSR count). The molecule has 2 aliphatic rings. The summed E-state index contributed by atoms with van der Waals surface area (Å²) in [5.74, 6) is 0.366. The molecule has 2 aliphatic carbocycles. The molecule has 0 unspecified atom stereocenters. The first-order valence-electron chi connectivity index (χ1n) is 6.18. The lowest BCUT2D eigenvalue weighted by Crippen LogP contribution is -2.32. The van der Waals surface area contributed by atoms with E-state index in [1.54, 1.807) is 0 Å². The quantitative estimate of drug-likeness (QED) is 0.695. The Balaban J connectivity index is 2.32. The van der Waals surface area contributed by atoms with Crippen LogP contribution in [0.15, 0.2) is 0 Å². The molecule has 1 fully saturated rings. The molecule has 0 aliphatic heterocycles. The number of rotatable bonds is 0. The van der Waals surface area contributed by atoms with E-state index in [1.165, 1.54) is 0 Å². The Morgan fingerprint density at radius 3 is 2.33 bits per heavy atom. The summed E-state index contributed by atoms with van der Waals surface area (Å²) in [5, 5.41) is 18.1. The average molecular weight is 238 g/mol. The Morgan fingerprint density at radius 2 is 1.72 bits per heavy atom. The highest BCUT2D eigenvalue weighted by Gasteiger charge is 2.61. The highest BCUT2D eigenvalue weighted by Crippen LogP contribution is 2.66. The monoisotopic (exact) mass is 238 g/mol. The minimum atomic E-state index is -0.0143. The molecule has 0 radical (unpaired) electrons. The second-order valence-corrected chi connectivity index (χ2v) is 6.02. The molecular weight excluding hydrogens is 224 g/mol. The number of hydrogen-bond donors (Lipinski definition) is 0. The molecule has 1 heterocycles. The average Bonchev–Trinajstić information content (AvgIpc) is 2.68. The molecule has 2 atom stereocenters. The van der Waals surface area contributed by atoms with Crippen LogP contribution in [-0.2, 0) is 5.41 Å². The van der Waals surface area contributed by atoms with Crippen molar-refractivity contribution in [1.82, 2.24) is 9.97 Å². The Bertz CT molecular complexity index is 632. The third kappa shape index (κ3) is 0.996. The highest BCUT2D eigenvalue weighted by atomic mass is 14.9. The molecular formula is C14H14N4. The summed E-state index contributed by atoms with van der Waals surface area (Å²) in [6, 6.07) is 3.96. The predicted molar refractivity (Wildman–Crippen MR) is 64.6 cm³/mol. The zero-order chi connectivity index (χ0) is 13.1. The largest absolute Gasteiger partial charge is 0.237 e.